The Morgan fingerprint density at radius 3 is 2.36 bits per heavy atom. The lowest BCUT2D eigenvalue weighted by Crippen LogP contribution is -2.53. The fraction of sp³-hybridized carbons (Fsp3) is 0.350. The van der Waals surface area contributed by atoms with Crippen molar-refractivity contribution < 1.29 is 32.2 Å². The van der Waals surface area contributed by atoms with Gasteiger partial charge in [0.15, 0.2) is 0 Å². The van der Waals surface area contributed by atoms with Crippen LogP contribution in [0.2, 0.25) is 5.02 Å². The Morgan fingerprint density at radius 2 is 1.79 bits per heavy atom. The lowest BCUT2D eigenvalue weighted by atomic mass is 9.96. The number of carbonyl (C=O) groups excluding carboxylic acids is 1. The van der Waals surface area contributed by atoms with Gasteiger partial charge in [-0.05, 0) is 17.7 Å². The lowest BCUT2D eigenvalue weighted by molar-refractivity contribution is -0.436. The summed E-state index contributed by atoms with van der Waals surface area (Å²) in [7, 11) is 1.17. The third kappa shape index (κ3) is 4.16. The highest BCUT2D eigenvalue weighted by molar-refractivity contribution is 6.30. The summed E-state index contributed by atoms with van der Waals surface area (Å²) in [5.74, 6) is -3.67. The maximum absolute atomic E-state index is 14.2. The van der Waals surface area contributed by atoms with Crippen LogP contribution in [0.1, 0.15) is 30.1 Å². The predicted molar refractivity (Wildman–Crippen MR) is 95.6 cm³/mol. The number of esters is 1. The van der Waals surface area contributed by atoms with Crippen molar-refractivity contribution in [2.45, 2.75) is 37.0 Å². The van der Waals surface area contributed by atoms with Crippen LogP contribution < -0.4 is 0 Å². The van der Waals surface area contributed by atoms with Crippen LogP contribution in [0.4, 0.5) is 13.2 Å². The van der Waals surface area contributed by atoms with E-state index in [-0.39, 0.29) is 18.4 Å². The zero-order valence-corrected chi connectivity index (χ0v) is 15.7. The molecule has 2 unspecified atom stereocenters. The average Bonchev–Trinajstić information content (AvgIpc) is 2.68. The van der Waals surface area contributed by atoms with E-state index in [0.29, 0.717) is 10.6 Å². The summed E-state index contributed by atoms with van der Waals surface area (Å²) in [6.07, 6.45) is -7.16. The highest BCUT2D eigenvalue weighted by Gasteiger charge is 2.63. The summed E-state index contributed by atoms with van der Waals surface area (Å²) in [5, 5.41) is 0.451. The van der Waals surface area contributed by atoms with Gasteiger partial charge >= 0.3 is 12.1 Å². The third-order valence-electron chi connectivity index (χ3n) is 4.51. The van der Waals surface area contributed by atoms with Gasteiger partial charge in [-0.2, -0.15) is 13.2 Å². The number of rotatable bonds is 4. The van der Waals surface area contributed by atoms with E-state index in [9.17, 15) is 18.0 Å². The van der Waals surface area contributed by atoms with Gasteiger partial charge in [-0.15, -0.1) is 0 Å². The van der Waals surface area contributed by atoms with Gasteiger partial charge in [-0.1, -0.05) is 54.1 Å². The second-order valence-electron chi connectivity index (χ2n) is 6.39. The van der Waals surface area contributed by atoms with Crippen LogP contribution in [0.15, 0.2) is 54.6 Å². The van der Waals surface area contributed by atoms with Gasteiger partial charge in [-0.25, -0.2) is 0 Å². The highest BCUT2D eigenvalue weighted by Crippen LogP contribution is 2.51. The standard InChI is InChI=1S/C20H18ClF3O4/c1-26-18(25)12-16-11-17(13-7-9-15(21)10-8-13)28-19(27-16,20(22,23)24)14-5-3-2-4-6-14/h2-10,16-17H,11-12H2,1H3/t16?,17?,19-/m0/s1. The van der Waals surface area contributed by atoms with E-state index in [1.165, 1.54) is 31.4 Å². The minimum Gasteiger partial charge on any atom is -0.469 e. The van der Waals surface area contributed by atoms with Crippen molar-refractivity contribution in [3.05, 3.63) is 70.7 Å². The predicted octanol–water partition coefficient (Wildman–Crippen LogP) is 5.17. The Morgan fingerprint density at radius 1 is 1.14 bits per heavy atom. The number of hydrogen-bond donors (Lipinski definition) is 0. The molecule has 1 aliphatic heterocycles. The van der Waals surface area contributed by atoms with E-state index in [2.05, 4.69) is 4.74 Å². The molecule has 8 heteroatoms. The number of carbonyl (C=O) groups is 1. The first-order valence-electron chi connectivity index (χ1n) is 8.55. The fourth-order valence-electron chi connectivity index (χ4n) is 3.16. The van der Waals surface area contributed by atoms with Gasteiger partial charge in [0, 0.05) is 17.0 Å². The first-order chi connectivity index (χ1) is 13.2. The molecule has 0 saturated carbocycles. The number of hydrogen-bond acceptors (Lipinski definition) is 4. The van der Waals surface area contributed by atoms with Crippen molar-refractivity contribution >= 4 is 17.6 Å². The second-order valence-corrected chi connectivity index (χ2v) is 6.83. The van der Waals surface area contributed by atoms with E-state index in [0.717, 1.165) is 0 Å². The van der Waals surface area contributed by atoms with E-state index in [1.807, 2.05) is 0 Å². The molecule has 4 nitrogen and oxygen atoms in total. The van der Waals surface area contributed by atoms with E-state index in [1.54, 1.807) is 30.3 Å². The molecular weight excluding hydrogens is 397 g/mol. The number of methoxy groups -OCH3 is 1. The normalized spacial score (nSPS) is 25.3. The van der Waals surface area contributed by atoms with Crippen LogP contribution in [-0.4, -0.2) is 25.4 Å². The van der Waals surface area contributed by atoms with Crippen LogP contribution in [0.3, 0.4) is 0 Å². The van der Waals surface area contributed by atoms with Crippen LogP contribution in [0, 0.1) is 0 Å². The summed E-state index contributed by atoms with van der Waals surface area (Å²) in [6, 6.07) is 13.4. The number of alkyl halides is 3. The quantitative estimate of drug-likeness (QED) is 0.648. The van der Waals surface area contributed by atoms with Gasteiger partial charge in [0.25, 0.3) is 5.79 Å². The Bertz CT molecular complexity index is 810. The van der Waals surface area contributed by atoms with Gasteiger partial charge in [0.1, 0.15) is 0 Å². The van der Waals surface area contributed by atoms with Gasteiger partial charge in [0.05, 0.1) is 25.7 Å². The van der Waals surface area contributed by atoms with Crippen molar-refractivity contribution in [2.24, 2.45) is 0 Å². The first-order valence-corrected chi connectivity index (χ1v) is 8.93. The largest absolute Gasteiger partial charge is 0.469 e. The van der Waals surface area contributed by atoms with E-state index in [4.69, 9.17) is 21.1 Å². The lowest BCUT2D eigenvalue weighted by Gasteiger charge is -2.45. The molecule has 0 aromatic heterocycles. The molecule has 1 heterocycles. The maximum atomic E-state index is 14.2. The number of ether oxygens (including phenoxy) is 3. The van der Waals surface area contributed by atoms with E-state index < -0.39 is 30.1 Å². The summed E-state index contributed by atoms with van der Waals surface area (Å²) >= 11 is 5.88. The van der Waals surface area contributed by atoms with Crippen molar-refractivity contribution in [3.8, 4) is 0 Å². The maximum Gasteiger partial charge on any atom is 0.448 e. The molecule has 1 aliphatic rings. The molecule has 0 aliphatic carbocycles. The van der Waals surface area contributed by atoms with E-state index >= 15 is 0 Å². The van der Waals surface area contributed by atoms with Crippen molar-refractivity contribution in [1.82, 2.24) is 0 Å². The SMILES string of the molecule is COC(=O)CC1CC(c2ccc(Cl)cc2)O[C@@](c2ccccc2)(C(F)(F)F)O1. The summed E-state index contributed by atoms with van der Waals surface area (Å²) < 4.78 is 58.3. The summed E-state index contributed by atoms with van der Waals surface area (Å²) in [5.41, 5.74) is 0.308. The molecule has 1 fully saturated rings. The minimum atomic E-state index is -4.88. The molecule has 150 valence electrons. The zero-order valence-electron chi connectivity index (χ0n) is 14.9. The van der Waals surface area contributed by atoms with Crippen LogP contribution >= 0.6 is 11.6 Å². The Hall–Kier alpha value is -2.09. The third-order valence-corrected chi connectivity index (χ3v) is 4.76. The minimum absolute atomic E-state index is 0.0569. The highest BCUT2D eigenvalue weighted by atomic mass is 35.5. The molecule has 1 saturated heterocycles. The first kappa shape index (κ1) is 20.6. The molecule has 0 N–H and O–H groups in total. The van der Waals surface area contributed by atoms with Crippen molar-refractivity contribution in [2.75, 3.05) is 7.11 Å². The average molecular weight is 415 g/mol. The van der Waals surface area contributed by atoms with Gasteiger partial charge < -0.3 is 14.2 Å². The monoisotopic (exact) mass is 414 g/mol. The second kappa shape index (κ2) is 8.11. The number of benzene rings is 2. The molecule has 2 aromatic rings. The zero-order chi connectivity index (χ0) is 20.4. The molecule has 28 heavy (non-hydrogen) atoms. The smallest absolute Gasteiger partial charge is 0.448 e. The van der Waals surface area contributed by atoms with Crippen LogP contribution in [0.5, 0.6) is 0 Å². The summed E-state index contributed by atoms with van der Waals surface area (Å²) in [6.45, 7) is 0. The Kier molecular flexibility index (Phi) is 5.98. The molecule has 3 rings (SSSR count). The Balaban J connectivity index is 2.06. The van der Waals surface area contributed by atoms with Crippen LogP contribution in [-0.2, 0) is 24.8 Å². The topological polar surface area (TPSA) is 44.8 Å². The molecule has 0 amide bonds. The molecule has 0 radical (unpaired) electrons. The number of halogens is 4. The molecule has 2 aromatic carbocycles. The fourth-order valence-corrected chi connectivity index (χ4v) is 3.29. The van der Waals surface area contributed by atoms with Crippen molar-refractivity contribution in [3.63, 3.8) is 0 Å². The summed E-state index contributed by atoms with van der Waals surface area (Å²) in [4.78, 5) is 11.7. The molecule has 0 bridgehead atoms. The molecular formula is C20H18ClF3O4. The Labute approximate surface area is 165 Å². The molecule has 0 spiro atoms. The van der Waals surface area contributed by atoms with Crippen molar-refractivity contribution in [1.29, 1.82) is 0 Å². The van der Waals surface area contributed by atoms with Gasteiger partial charge in [-0.3, -0.25) is 4.79 Å². The van der Waals surface area contributed by atoms with Crippen LogP contribution in [0.25, 0.3) is 0 Å². The molecule has 3 atom stereocenters. The van der Waals surface area contributed by atoms with Gasteiger partial charge in [0.2, 0.25) is 0 Å².